The Morgan fingerprint density at radius 3 is 2.60 bits per heavy atom. The summed E-state index contributed by atoms with van der Waals surface area (Å²) in [6.07, 6.45) is 1.81. The molecule has 2 N–H and O–H groups in total. The van der Waals surface area contributed by atoms with Gasteiger partial charge in [-0.05, 0) is 42.7 Å². The number of hydrogen-bond acceptors (Lipinski definition) is 4. The van der Waals surface area contributed by atoms with E-state index in [1.807, 2.05) is 35.0 Å². The lowest BCUT2D eigenvalue weighted by atomic mass is 10.0. The average Bonchev–Trinajstić information content (AvgIpc) is 2.91. The second kappa shape index (κ2) is 4.98. The molecule has 2 heterocycles. The first kappa shape index (κ1) is 13.8. The van der Waals surface area contributed by atoms with Crippen LogP contribution in [0, 0.1) is 0 Å². The number of hydrogen-bond donors (Lipinski definition) is 2. The zero-order chi connectivity index (χ0) is 14.2. The molecule has 1 amide bonds. The van der Waals surface area contributed by atoms with Crippen LogP contribution in [0.15, 0.2) is 35.0 Å². The van der Waals surface area contributed by atoms with E-state index < -0.39 is 5.60 Å². The molecule has 1 atom stereocenters. The van der Waals surface area contributed by atoms with Gasteiger partial charge in [0, 0.05) is 9.75 Å². The van der Waals surface area contributed by atoms with E-state index in [-0.39, 0.29) is 17.9 Å². The smallest absolute Gasteiger partial charge is 0.231 e. The molecule has 3 rings (SSSR count). The highest BCUT2D eigenvalue weighted by Crippen LogP contribution is 2.50. The largest absolute Gasteiger partial charge is 0.383 e. The Morgan fingerprint density at radius 2 is 2.05 bits per heavy atom. The Morgan fingerprint density at radius 1 is 1.35 bits per heavy atom. The Kier molecular flexibility index (Phi) is 3.44. The van der Waals surface area contributed by atoms with Gasteiger partial charge in [-0.3, -0.25) is 4.79 Å². The van der Waals surface area contributed by atoms with Crippen LogP contribution in [0.5, 0.6) is 0 Å². The molecule has 3 nitrogen and oxygen atoms in total. The van der Waals surface area contributed by atoms with Crippen LogP contribution in [-0.4, -0.2) is 17.6 Å². The molecule has 1 aliphatic rings. The summed E-state index contributed by atoms with van der Waals surface area (Å²) in [6, 6.07) is 7.80. The van der Waals surface area contributed by atoms with Crippen molar-refractivity contribution in [2.24, 2.45) is 0 Å². The van der Waals surface area contributed by atoms with E-state index in [1.165, 1.54) is 11.3 Å². The van der Waals surface area contributed by atoms with Gasteiger partial charge in [-0.15, -0.1) is 22.7 Å². The van der Waals surface area contributed by atoms with Gasteiger partial charge in [-0.25, -0.2) is 0 Å². The Bertz CT molecular complexity index is 583. The van der Waals surface area contributed by atoms with Gasteiger partial charge in [-0.1, -0.05) is 12.1 Å². The molecule has 0 aromatic carbocycles. The van der Waals surface area contributed by atoms with Crippen LogP contribution >= 0.6 is 22.7 Å². The van der Waals surface area contributed by atoms with Crippen molar-refractivity contribution in [1.29, 1.82) is 0 Å². The molecule has 2 aromatic heterocycles. The number of nitrogens with one attached hydrogen (secondary N) is 1. The van der Waals surface area contributed by atoms with Crippen molar-refractivity contribution in [2.45, 2.75) is 30.8 Å². The summed E-state index contributed by atoms with van der Waals surface area (Å²) < 4.78 is 0. The summed E-state index contributed by atoms with van der Waals surface area (Å²) >= 11 is 3.13. The Labute approximate surface area is 126 Å². The predicted octanol–water partition coefficient (Wildman–Crippen LogP) is 2.87. The molecule has 0 bridgehead atoms. The molecule has 5 heteroatoms. The first-order valence-corrected chi connectivity index (χ1v) is 8.39. The molecule has 1 aliphatic carbocycles. The van der Waals surface area contributed by atoms with E-state index in [0.29, 0.717) is 0 Å². The molecule has 0 spiro atoms. The maximum atomic E-state index is 12.4. The lowest BCUT2D eigenvalue weighted by Crippen LogP contribution is -2.42. The predicted molar refractivity (Wildman–Crippen MR) is 82.1 cm³/mol. The second-order valence-corrected chi connectivity index (χ2v) is 7.39. The summed E-state index contributed by atoms with van der Waals surface area (Å²) in [7, 11) is 0. The van der Waals surface area contributed by atoms with Gasteiger partial charge < -0.3 is 10.4 Å². The number of carbonyl (C=O) groups excluding carboxylic acids is 1. The number of thiophene rings is 2. The van der Waals surface area contributed by atoms with E-state index in [4.69, 9.17) is 0 Å². The molecule has 0 aliphatic heterocycles. The monoisotopic (exact) mass is 307 g/mol. The third-order valence-electron chi connectivity index (χ3n) is 3.82. The number of aliphatic hydroxyl groups is 1. The van der Waals surface area contributed by atoms with Gasteiger partial charge in [0.25, 0.3) is 0 Å². The quantitative estimate of drug-likeness (QED) is 0.892. The number of amides is 1. The molecule has 2 aromatic rings. The Hall–Kier alpha value is -1.17. The highest BCUT2D eigenvalue weighted by Gasteiger charge is 2.52. The van der Waals surface area contributed by atoms with Crippen LogP contribution in [-0.2, 0) is 15.8 Å². The van der Waals surface area contributed by atoms with Gasteiger partial charge in [0.1, 0.15) is 5.60 Å². The van der Waals surface area contributed by atoms with Crippen molar-refractivity contribution in [2.75, 3.05) is 6.54 Å². The fourth-order valence-electron chi connectivity index (χ4n) is 2.35. The lowest BCUT2D eigenvalue weighted by molar-refractivity contribution is -0.124. The molecular formula is C15H17NO2S2. The van der Waals surface area contributed by atoms with Gasteiger partial charge in [0.05, 0.1) is 12.0 Å². The minimum Gasteiger partial charge on any atom is -0.383 e. The minimum absolute atomic E-state index is 0.0387. The molecular weight excluding hydrogens is 290 g/mol. The standard InChI is InChI=1S/C15H17NO2S2/c1-14(18,11-4-2-8-19-11)10-16-13(17)15(6-7-15)12-5-3-9-20-12/h2-5,8-9,18H,6-7,10H2,1H3,(H,16,17). The average molecular weight is 307 g/mol. The van der Waals surface area contributed by atoms with E-state index in [2.05, 4.69) is 5.32 Å². The van der Waals surface area contributed by atoms with Crippen LogP contribution in [0.1, 0.15) is 29.5 Å². The molecule has 106 valence electrons. The van der Waals surface area contributed by atoms with Crippen LogP contribution in [0.25, 0.3) is 0 Å². The fourth-order valence-corrected chi connectivity index (χ4v) is 4.13. The zero-order valence-corrected chi connectivity index (χ0v) is 12.9. The molecule has 1 fully saturated rings. The molecule has 1 saturated carbocycles. The number of rotatable bonds is 5. The lowest BCUT2D eigenvalue weighted by Gasteiger charge is -2.24. The summed E-state index contributed by atoms with van der Waals surface area (Å²) in [5, 5.41) is 17.3. The van der Waals surface area contributed by atoms with Crippen molar-refractivity contribution >= 4 is 28.6 Å². The molecule has 0 saturated heterocycles. The van der Waals surface area contributed by atoms with Crippen LogP contribution < -0.4 is 5.32 Å². The van der Waals surface area contributed by atoms with Crippen molar-refractivity contribution in [3.05, 3.63) is 44.8 Å². The van der Waals surface area contributed by atoms with Gasteiger partial charge >= 0.3 is 0 Å². The normalized spacial score (nSPS) is 19.3. The topological polar surface area (TPSA) is 49.3 Å². The highest BCUT2D eigenvalue weighted by atomic mass is 32.1. The van der Waals surface area contributed by atoms with Crippen molar-refractivity contribution in [1.82, 2.24) is 5.32 Å². The third kappa shape index (κ3) is 2.41. The highest BCUT2D eigenvalue weighted by molar-refractivity contribution is 7.10. The third-order valence-corrected chi connectivity index (χ3v) is 6.02. The molecule has 0 radical (unpaired) electrons. The van der Waals surface area contributed by atoms with Crippen LogP contribution in [0.2, 0.25) is 0 Å². The van der Waals surface area contributed by atoms with Crippen LogP contribution in [0.3, 0.4) is 0 Å². The first-order valence-electron chi connectivity index (χ1n) is 6.63. The first-order chi connectivity index (χ1) is 9.55. The molecule has 1 unspecified atom stereocenters. The van der Waals surface area contributed by atoms with E-state index in [1.54, 1.807) is 18.3 Å². The van der Waals surface area contributed by atoms with Crippen molar-refractivity contribution in [3.63, 3.8) is 0 Å². The maximum Gasteiger partial charge on any atom is 0.231 e. The summed E-state index contributed by atoms with van der Waals surface area (Å²) in [6.45, 7) is 1.99. The van der Waals surface area contributed by atoms with Crippen molar-refractivity contribution < 1.29 is 9.90 Å². The summed E-state index contributed by atoms with van der Waals surface area (Å²) in [5.74, 6) is 0.0387. The second-order valence-electron chi connectivity index (χ2n) is 5.49. The zero-order valence-electron chi connectivity index (χ0n) is 11.3. The van der Waals surface area contributed by atoms with Gasteiger partial charge in [-0.2, -0.15) is 0 Å². The SMILES string of the molecule is CC(O)(CNC(=O)C1(c2cccs2)CC1)c1cccs1. The Balaban J connectivity index is 1.66. The fraction of sp³-hybridized carbons (Fsp3) is 0.400. The van der Waals surface area contributed by atoms with Crippen molar-refractivity contribution in [3.8, 4) is 0 Å². The molecule has 20 heavy (non-hydrogen) atoms. The van der Waals surface area contributed by atoms with Gasteiger partial charge in [0.2, 0.25) is 5.91 Å². The minimum atomic E-state index is -1.00. The van der Waals surface area contributed by atoms with E-state index in [0.717, 1.165) is 22.6 Å². The number of carbonyl (C=O) groups is 1. The van der Waals surface area contributed by atoms with E-state index >= 15 is 0 Å². The summed E-state index contributed by atoms with van der Waals surface area (Å²) in [5.41, 5.74) is -1.34. The van der Waals surface area contributed by atoms with Crippen LogP contribution in [0.4, 0.5) is 0 Å². The van der Waals surface area contributed by atoms with Gasteiger partial charge in [0.15, 0.2) is 0 Å². The maximum absolute atomic E-state index is 12.4. The van der Waals surface area contributed by atoms with E-state index in [9.17, 15) is 9.90 Å². The summed E-state index contributed by atoms with van der Waals surface area (Å²) in [4.78, 5) is 14.4.